The molecule has 0 bridgehead atoms. The summed E-state index contributed by atoms with van der Waals surface area (Å²) in [5, 5.41) is 8.13. The highest BCUT2D eigenvalue weighted by molar-refractivity contribution is 6.30. The summed E-state index contributed by atoms with van der Waals surface area (Å²) in [4.78, 5) is 0. The first kappa shape index (κ1) is 13.2. The second kappa shape index (κ2) is 6.07. The molecule has 2 rings (SSSR count). The van der Waals surface area contributed by atoms with Crippen LogP contribution in [0.25, 0.3) is 0 Å². The molecule has 0 amide bonds. The van der Waals surface area contributed by atoms with Gasteiger partial charge in [0.05, 0.1) is 24.0 Å². The van der Waals surface area contributed by atoms with E-state index in [9.17, 15) is 0 Å². The number of nitrogens with one attached hydrogen (secondary N) is 1. The Morgan fingerprint density at radius 3 is 3.00 bits per heavy atom. The number of hydrogen-bond donors (Lipinski definition) is 1. The van der Waals surface area contributed by atoms with Crippen LogP contribution in [0.15, 0.2) is 29.1 Å². The lowest BCUT2D eigenvalue weighted by molar-refractivity contribution is 0.477. The Balaban J connectivity index is 1.86. The van der Waals surface area contributed by atoms with E-state index in [1.54, 1.807) is 23.3 Å². The minimum atomic E-state index is 0.608. The van der Waals surface area contributed by atoms with Gasteiger partial charge in [-0.2, -0.15) is 5.10 Å². The number of aromatic nitrogens is 2. The SMILES string of the molecule is CC(C)CNCc1coc(Cn2cc(Cl)cn2)c1. The molecule has 0 saturated carbocycles. The van der Waals surface area contributed by atoms with Gasteiger partial charge in [-0.05, 0) is 18.5 Å². The Hall–Kier alpha value is -1.26. The molecule has 0 fully saturated rings. The summed E-state index contributed by atoms with van der Waals surface area (Å²) >= 11 is 5.81. The van der Waals surface area contributed by atoms with Crippen LogP contribution in [-0.2, 0) is 13.1 Å². The molecule has 0 aliphatic rings. The van der Waals surface area contributed by atoms with Crippen LogP contribution in [0.4, 0.5) is 0 Å². The number of rotatable bonds is 6. The van der Waals surface area contributed by atoms with Gasteiger partial charge in [0.1, 0.15) is 5.76 Å². The summed E-state index contributed by atoms with van der Waals surface area (Å²) in [6.07, 6.45) is 5.18. The lowest BCUT2D eigenvalue weighted by atomic mass is 10.2. The van der Waals surface area contributed by atoms with Gasteiger partial charge in [-0.25, -0.2) is 0 Å². The van der Waals surface area contributed by atoms with E-state index in [1.807, 2.05) is 6.07 Å². The summed E-state index contributed by atoms with van der Waals surface area (Å²) in [6.45, 7) is 6.83. The fraction of sp³-hybridized carbons (Fsp3) is 0.462. The van der Waals surface area contributed by atoms with Gasteiger partial charge in [-0.3, -0.25) is 4.68 Å². The first-order valence-corrected chi connectivity index (χ1v) is 6.46. The van der Waals surface area contributed by atoms with Gasteiger partial charge in [0.25, 0.3) is 0 Å². The lowest BCUT2D eigenvalue weighted by Crippen LogP contribution is -2.18. The third-order valence-electron chi connectivity index (χ3n) is 2.51. The quantitative estimate of drug-likeness (QED) is 0.875. The fourth-order valence-corrected chi connectivity index (χ4v) is 1.85. The number of hydrogen-bond acceptors (Lipinski definition) is 3. The summed E-state index contributed by atoms with van der Waals surface area (Å²) < 4.78 is 7.25. The molecule has 4 nitrogen and oxygen atoms in total. The van der Waals surface area contributed by atoms with Gasteiger partial charge in [-0.1, -0.05) is 25.4 Å². The molecule has 2 aromatic rings. The number of halogens is 1. The molecule has 1 N–H and O–H groups in total. The van der Waals surface area contributed by atoms with Crippen molar-refractivity contribution in [2.45, 2.75) is 26.9 Å². The smallest absolute Gasteiger partial charge is 0.125 e. The Morgan fingerprint density at radius 2 is 2.33 bits per heavy atom. The molecular weight excluding hydrogens is 250 g/mol. The maximum Gasteiger partial charge on any atom is 0.125 e. The van der Waals surface area contributed by atoms with Gasteiger partial charge < -0.3 is 9.73 Å². The Bertz CT molecular complexity index is 490. The Morgan fingerprint density at radius 1 is 1.50 bits per heavy atom. The minimum absolute atomic E-state index is 0.608. The van der Waals surface area contributed by atoms with Crippen LogP contribution in [0.5, 0.6) is 0 Å². The van der Waals surface area contributed by atoms with E-state index in [0.717, 1.165) is 24.4 Å². The van der Waals surface area contributed by atoms with Crippen LogP contribution < -0.4 is 5.32 Å². The molecule has 0 aliphatic heterocycles. The molecule has 0 aliphatic carbocycles. The highest BCUT2D eigenvalue weighted by Crippen LogP contribution is 2.11. The van der Waals surface area contributed by atoms with Crippen molar-refractivity contribution in [1.82, 2.24) is 15.1 Å². The summed E-state index contributed by atoms with van der Waals surface area (Å²) in [5.74, 6) is 1.54. The van der Waals surface area contributed by atoms with Crippen molar-refractivity contribution in [3.8, 4) is 0 Å². The molecule has 0 saturated heterocycles. The first-order chi connectivity index (χ1) is 8.63. The molecule has 0 atom stereocenters. The topological polar surface area (TPSA) is 43.0 Å². The summed E-state index contributed by atoms with van der Waals surface area (Å²) in [6, 6.07) is 2.04. The second-order valence-corrected chi connectivity index (χ2v) is 5.24. The average Bonchev–Trinajstić information content (AvgIpc) is 2.89. The van der Waals surface area contributed by atoms with Gasteiger partial charge >= 0.3 is 0 Å². The molecule has 98 valence electrons. The number of furan rings is 1. The minimum Gasteiger partial charge on any atom is -0.467 e. The van der Waals surface area contributed by atoms with E-state index in [-0.39, 0.29) is 0 Å². The van der Waals surface area contributed by atoms with Crippen molar-refractivity contribution in [1.29, 1.82) is 0 Å². The normalized spacial score (nSPS) is 11.3. The van der Waals surface area contributed by atoms with E-state index >= 15 is 0 Å². The molecule has 2 heterocycles. The van der Waals surface area contributed by atoms with E-state index < -0.39 is 0 Å². The molecule has 5 heteroatoms. The van der Waals surface area contributed by atoms with Gasteiger partial charge in [-0.15, -0.1) is 0 Å². The zero-order chi connectivity index (χ0) is 13.0. The van der Waals surface area contributed by atoms with Gasteiger partial charge in [0.15, 0.2) is 0 Å². The molecule has 0 unspecified atom stereocenters. The molecule has 0 aromatic carbocycles. The fourth-order valence-electron chi connectivity index (χ4n) is 1.69. The maximum absolute atomic E-state index is 5.81. The van der Waals surface area contributed by atoms with Crippen LogP contribution in [-0.4, -0.2) is 16.3 Å². The predicted molar refractivity (Wildman–Crippen MR) is 71.6 cm³/mol. The predicted octanol–water partition coefficient (Wildman–Crippen LogP) is 2.92. The van der Waals surface area contributed by atoms with Crippen molar-refractivity contribution < 1.29 is 4.42 Å². The lowest BCUT2D eigenvalue weighted by Gasteiger charge is -2.04. The molecule has 0 radical (unpaired) electrons. The molecule has 2 aromatic heterocycles. The van der Waals surface area contributed by atoms with Crippen molar-refractivity contribution in [3.05, 3.63) is 41.1 Å². The van der Waals surface area contributed by atoms with E-state index in [1.165, 1.54) is 0 Å². The Labute approximate surface area is 112 Å². The maximum atomic E-state index is 5.81. The largest absolute Gasteiger partial charge is 0.467 e. The number of nitrogens with zero attached hydrogens (tertiary/aromatic N) is 2. The van der Waals surface area contributed by atoms with E-state index in [4.69, 9.17) is 16.0 Å². The first-order valence-electron chi connectivity index (χ1n) is 6.08. The molecule has 0 spiro atoms. The van der Waals surface area contributed by atoms with Gasteiger partial charge in [0.2, 0.25) is 0 Å². The van der Waals surface area contributed by atoms with E-state index in [0.29, 0.717) is 17.5 Å². The van der Waals surface area contributed by atoms with Crippen molar-refractivity contribution >= 4 is 11.6 Å². The summed E-state index contributed by atoms with van der Waals surface area (Å²) in [7, 11) is 0. The highest BCUT2D eigenvalue weighted by Gasteiger charge is 2.04. The van der Waals surface area contributed by atoms with Crippen LogP contribution in [0.1, 0.15) is 25.2 Å². The van der Waals surface area contributed by atoms with Gasteiger partial charge in [0, 0.05) is 18.3 Å². The molecular formula is C13H18ClN3O. The molecule has 18 heavy (non-hydrogen) atoms. The zero-order valence-electron chi connectivity index (χ0n) is 10.7. The van der Waals surface area contributed by atoms with Crippen molar-refractivity contribution in [3.63, 3.8) is 0 Å². The third-order valence-corrected chi connectivity index (χ3v) is 2.70. The van der Waals surface area contributed by atoms with Crippen molar-refractivity contribution in [2.24, 2.45) is 5.92 Å². The Kier molecular flexibility index (Phi) is 4.44. The van der Waals surface area contributed by atoms with Crippen LogP contribution in [0, 0.1) is 5.92 Å². The third kappa shape index (κ3) is 3.89. The average molecular weight is 268 g/mol. The monoisotopic (exact) mass is 267 g/mol. The van der Waals surface area contributed by atoms with Crippen LogP contribution >= 0.6 is 11.6 Å². The zero-order valence-corrected chi connectivity index (χ0v) is 11.4. The highest BCUT2D eigenvalue weighted by atomic mass is 35.5. The second-order valence-electron chi connectivity index (χ2n) is 4.80. The standard InChI is InChI=1S/C13H18ClN3O/c1-10(2)4-15-5-11-3-13(18-9-11)8-17-7-12(14)6-16-17/h3,6-7,9-10,15H,4-5,8H2,1-2H3. The van der Waals surface area contributed by atoms with Crippen LogP contribution in [0.2, 0.25) is 5.02 Å². The van der Waals surface area contributed by atoms with Crippen molar-refractivity contribution in [2.75, 3.05) is 6.54 Å². The van der Waals surface area contributed by atoms with E-state index in [2.05, 4.69) is 24.3 Å². The summed E-state index contributed by atoms with van der Waals surface area (Å²) in [5.41, 5.74) is 1.16. The van der Waals surface area contributed by atoms with Crippen LogP contribution in [0.3, 0.4) is 0 Å².